The number of hydrogen-bond donors (Lipinski definition) is 0. The molecule has 0 N–H and O–H groups in total. The van der Waals surface area contributed by atoms with Crippen molar-refractivity contribution in [2.75, 3.05) is 0 Å². The van der Waals surface area contributed by atoms with Crippen molar-refractivity contribution in [2.45, 2.75) is 26.2 Å². The highest BCUT2D eigenvalue weighted by Crippen LogP contribution is 2.30. The van der Waals surface area contributed by atoms with E-state index >= 15 is 0 Å². The molecule has 1 aliphatic carbocycles. The molecule has 14 heavy (non-hydrogen) atoms. The Morgan fingerprint density at radius 1 is 1.43 bits per heavy atom. The number of hydrogen-bond acceptors (Lipinski definition) is 1. The first-order valence-corrected chi connectivity index (χ1v) is 5.78. The van der Waals surface area contributed by atoms with Gasteiger partial charge in [0, 0.05) is 16.0 Å². The molecule has 0 amide bonds. The van der Waals surface area contributed by atoms with Gasteiger partial charge >= 0.3 is 0 Å². The third kappa shape index (κ3) is 1.76. The van der Waals surface area contributed by atoms with Crippen LogP contribution < -0.4 is 0 Å². The zero-order valence-electron chi connectivity index (χ0n) is 8.22. The van der Waals surface area contributed by atoms with E-state index in [9.17, 15) is 4.79 Å². The first-order valence-electron chi connectivity index (χ1n) is 4.99. The molecule has 74 valence electrons. The Hall–Kier alpha value is -0.630. The number of aryl methyl sites for hydroxylation is 1. The topological polar surface area (TPSA) is 17.1 Å². The number of halogens is 1. The minimum absolute atomic E-state index is 0.301. The Bertz CT molecular complexity index is 367. The predicted octanol–water partition coefficient (Wildman–Crippen LogP) is 3.74. The van der Waals surface area contributed by atoms with E-state index in [1.807, 2.05) is 25.1 Å². The van der Waals surface area contributed by atoms with Crippen molar-refractivity contribution in [3.05, 3.63) is 33.8 Å². The van der Waals surface area contributed by atoms with Crippen LogP contribution in [0.2, 0.25) is 0 Å². The van der Waals surface area contributed by atoms with Gasteiger partial charge in [-0.2, -0.15) is 0 Å². The Labute approximate surface area is 92.6 Å². The molecule has 1 nitrogen and oxygen atoms in total. The maximum absolute atomic E-state index is 11.9. The summed E-state index contributed by atoms with van der Waals surface area (Å²) >= 11 is 3.44. The molecule has 1 aliphatic rings. The van der Waals surface area contributed by atoms with Crippen LogP contribution in [0, 0.1) is 12.8 Å². The average Bonchev–Trinajstić information content (AvgIpc) is 2.06. The number of carbonyl (C=O) groups is 1. The molecule has 2 rings (SSSR count). The third-order valence-corrected chi connectivity index (χ3v) is 3.81. The van der Waals surface area contributed by atoms with E-state index < -0.39 is 0 Å². The maximum Gasteiger partial charge on any atom is 0.165 e. The molecular formula is C12H13BrO. The third-order valence-electron chi connectivity index (χ3n) is 2.92. The molecule has 0 heterocycles. The van der Waals surface area contributed by atoms with E-state index in [2.05, 4.69) is 15.9 Å². The molecule has 0 radical (unpaired) electrons. The molecule has 0 spiro atoms. The van der Waals surface area contributed by atoms with Gasteiger partial charge in [-0.25, -0.2) is 0 Å². The summed E-state index contributed by atoms with van der Waals surface area (Å²) in [5, 5.41) is 0. The number of carbonyl (C=O) groups excluding carboxylic acids is 1. The minimum Gasteiger partial charge on any atom is -0.294 e. The van der Waals surface area contributed by atoms with Crippen molar-refractivity contribution >= 4 is 21.7 Å². The quantitative estimate of drug-likeness (QED) is 0.734. The molecule has 0 bridgehead atoms. The highest BCUT2D eigenvalue weighted by atomic mass is 79.9. The molecule has 1 fully saturated rings. The van der Waals surface area contributed by atoms with Crippen LogP contribution in [0.4, 0.5) is 0 Å². The molecule has 0 aliphatic heterocycles. The first kappa shape index (κ1) is 9.91. The van der Waals surface area contributed by atoms with Crippen LogP contribution in [0.3, 0.4) is 0 Å². The van der Waals surface area contributed by atoms with E-state index in [4.69, 9.17) is 0 Å². The van der Waals surface area contributed by atoms with Gasteiger partial charge in [0.25, 0.3) is 0 Å². The fourth-order valence-electron chi connectivity index (χ4n) is 1.70. The normalized spacial score (nSPS) is 16.4. The first-order chi connectivity index (χ1) is 6.68. The summed E-state index contributed by atoms with van der Waals surface area (Å²) < 4.78 is 1.07. The van der Waals surface area contributed by atoms with Gasteiger partial charge in [0.05, 0.1) is 0 Å². The van der Waals surface area contributed by atoms with E-state index in [1.165, 1.54) is 6.42 Å². The van der Waals surface area contributed by atoms with Gasteiger partial charge in [-0.15, -0.1) is 0 Å². The zero-order chi connectivity index (χ0) is 10.1. The summed E-state index contributed by atoms with van der Waals surface area (Å²) in [5.74, 6) is 0.627. The number of Topliss-reactive ketones (excluding diaryl/α,β-unsaturated/α-hetero) is 1. The molecule has 0 saturated heterocycles. The van der Waals surface area contributed by atoms with Gasteiger partial charge in [0.1, 0.15) is 0 Å². The molecule has 0 aromatic heterocycles. The van der Waals surface area contributed by atoms with Crippen LogP contribution in [-0.2, 0) is 0 Å². The van der Waals surface area contributed by atoms with Crippen LogP contribution in [0.15, 0.2) is 22.7 Å². The molecule has 1 aromatic rings. The lowest BCUT2D eigenvalue weighted by molar-refractivity contribution is 0.0855. The summed E-state index contributed by atoms with van der Waals surface area (Å²) in [5.41, 5.74) is 2.01. The Morgan fingerprint density at radius 3 is 2.64 bits per heavy atom. The maximum atomic E-state index is 11.9. The van der Waals surface area contributed by atoms with Gasteiger partial charge in [-0.1, -0.05) is 28.4 Å². The summed E-state index contributed by atoms with van der Waals surface area (Å²) in [4.78, 5) is 11.9. The molecule has 1 aromatic carbocycles. The second-order valence-corrected chi connectivity index (χ2v) is 4.81. The van der Waals surface area contributed by atoms with Gasteiger partial charge in [-0.05, 0) is 37.5 Å². The largest absolute Gasteiger partial charge is 0.294 e. The Morgan fingerprint density at radius 2 is 2.14 bits per heavy atom. The van der Waals surface area contributed by atoms with Crippen molar-refractivity contribution in [3.63, 3.8) is 0 Å². The second-order valence-electron chi connectivity index (χ2n) is 3.96. The lowest BCUT2D eigenvalue weighted by Gasteiger charge is -2.23. The summed E-state index contributed by atoms with van der Waals surface area (Å²) in [6, 6.07) is 5.85. The van der Waals surface area contributed by atoms with E-state index in [-0.39, 0.29) is 0 Å². The van der Waals surface area contributed by atoms with E-state index in [1.54, 1.807) is 0 Å². The highest BCUT2D eigenvalue weighted by Gasteiger charge is 2.26. The molecule has 2 heteroatoms. The van der Waals surface area contributed by atoms with Crippen LogP contribution in [0.1, 0.15) is 35.2 Å². The lowest BCUT2D eigenvalue weighted by Crippen LogP contribution is -2.21. The van der Waals surface area contributed by atoms with Crippen molar-refractivity contribution < 1.29 is 4.79 Å². The Balaban J connectivity index is 2.23. The highest BCUT2D eigenvalue weighted by molar-refractivity contribution is 9.10. The van der Waals surface area contributed by atoms with Crippen LogP contribution in [-0.4, -0.2) is 5.78 Å². The van der Waals surface area contributed by atoms with Crippen molar-refractivity contribution in [1.82, 2.24) is 0 Å². The second kappa shape index (κ2) is 3.85. The van der Waals surface area contributed by atoms with Crippen molar-refractivity contribution in [3.8, 4) is 0 Å². The Kier molecular flexibility index (Phi) is 2.73. The standard InChI is InChI=1S/C12H13BrO/c1-8-7-10(5-6-11(8)13)12(14)9-3-2-4-9/h5-7,9H,2-4H2,1H3. The molecule has 0 atom stereocenters. The van der Waals surface area contributed by atoms with E-state index in [0.29, 0.717) is 11.7 Å². The van der Waals surface area contributed by atoms with Crippen molar-refractivity contribution in [1.29, 1.82) is 0 Å². The molecule has 1 saturated carbocycles. The van der Waals surface area contributed by atoms with Gasteiger partial charge in [0.15, 0.2) is 5.78 Å². The van der Waals surface area contributed by atoms with Gasteiger partial charge in [-0.3, -0.25) is 4.79 Å². The summed E-state index contributed by atoms with van der Waals surface area (Å²) in [6.07, 6.45) is 3.37. The summed E-state index contributed by atoms with van der Waals surface area (Å²) in [6.45, 7) is 2.02. The van der Waals surface area contributed by atoms with Crippen molar-refractivity contribution in [2.24, 2.45) is 5.92 Å². The zero-order valence-corrected chi connectivity index (χ0v) is 9.80. The minimum atomic E-state index is 0.301. The number of ketones is 1. The van der Waals surface area contributed by atoms with Crippen LogP contribution >= 0.6 is 15.9 Å². The fourth-order valence-corrected chi connectivity index (χ4v) is 1.95. The van der Waals surface area contributed by atoms with Gasteiger partial charge < -0.3 is 0 Å². The smallest absolute Gasteiger partial charge is 0.165 e. The van der Waals surface area contributed by atoms with Crippen LogP contribution in [0.5, 0.6) is 0 Å². The predicted molar refractivity (Wildman–Crippen MR) is 60.6 cm³/mol. The SMILES string of the molecule is Cc1cc(C(=O)C2CCC2)ccc1Br. The molecule has 0 unspecified atom stereocenters. The lowest BCUT2D eigenvalue weighted by atomic mass is 9.80. The molecular weight excluding hydrogens is 240 g/mol. The number of benzene rings is 1. The average molecular weight is 253 g/mol. The van der Waals surface area contributed by atoms with E-state index in [0.717, 1.165) is 28.4 Å². The fraction of sp³-hybridized carbons (Fsp3) is 0.417. The van der Waals surface area contributed by atoms with Crippen LogP contribution in [0.25, 0.3) is 0 Å². The van der Waals surface area contributed by atoms with Gasteiger partial charge in [0.2, 0.25) is 0 Å². The summed E-state index contributed by atoms with van der Waals surface area (Å²) in [7, 11) is 0. The number of rotatable bonds is 2. The monoisotopic (exact) mass is 252 g/mol.